The van der Waals surface area contributed by atoms with Gasteiger partial charge in [-0.15, -0.1) is 10.2 Å². The second kappa shape index (κ2) is 5.19. The number of nitrogens with zero attached hydrogens (tertiary/aromatic N) is 2. The van der Waals surface area contributed by atoms with E-state index in [0.717, 1.165) is 6.42 Å². The third kappa shape index (κ3) is 3.20. The molecule has 9 heteroatoms. The first-order chi connectivity index (χ1) is 9.19. The molecular formula is C11H11F6N3. The molecule has 0 saturated carbocycles. The van der Waals surface area contributed by atoms with E-state index < -0.39 is 35.3 Å². The highest BCUT2D eigenvalue weighted by Gasteiger charge is 2.41. The third-order valence-corrected chi connectivity index (χ3v) is 3.07. The van der Waals surface area contributed by atoms with Crippen molar-refractivity contribution in [3.63, 3.8) is 0 Å². The van der Waals surface area contributed by atoms with Crippen LogP contribution < -0.4 is 5.32 Å². The van der Waals surface area contributed by atoms with E-state index in [4.69, 9.17) is 0 Å². The summed E-state index contributed by atoms with van der Waals surface area (Å²) in [4.78, 5) is 0. The van der Waals surface area contributed by atoms with Crippen LogP contribution in [0.15, 0.2) is 6.07 Å². The highest BCUT2D eigenvalue weighted by atomic mass is 19.4. The van der Waals surface area contributed by atoms with E-state index in [0.29, 0.717) is 25.5 Å². The standard InChI is InChI=1S/C11H11F6N3/c12-10(13,14)8-5-6(7-3-1-2-4-18-7)9(20-19-8)11(15,16)17/h5,7,18H,1-4H2. The first-order valence-electron chi connectivity index (χ1n) is 5.95. The minimum Gasteiger partial charge on any atom is -0.310 e. The highest BCUT2D eigenvalue weighted by Crippen LogP contribution is 2.37. The molecule has 0 spiro atoms. The lowest BCUT2D eigenvalue weighted by Gasteiger charge is -2.26. The van der Waals surface area contributed by atoms with Crippen molar-refractivity contribution in [2.24, 2.45) is 0 Å². The molecule has 3 nitrogen and oxygen atoms in total. The quantitative estimate of drug-likeness (QED) is 0.808. The van der Waals surface area contributed by atoms with E-state index in [9.17, 15) is 26.3 Å². The maximum absolute atomic E-state index is 12.8. The predicted molar refractivity (Wildman–Crippen MR) is 56.6 cm³/mol. The fraction of sp³-hybridized carbons (Fsp3) is 0.636. The van der Waals surface area contributed by atoms with Crippen molar-refractivity contribution in [1.29, 1.82) is 0 Å². The summed E-state index contributed by atoms with van der Waals surface area (Å²) in [5.41, 5.74) is -3.25. The SMILES string of the molecule is FC(F)(F)c1cc(C2CCCCN2)c(C(F)(F)F)nn1. The molecule has 1 aliphatic heterocycles. The number of piperidine rings is 1. The molecule has 1 atom stereocenters. The molecule has 20 heavy (non-hydrogen) atoms. The topological polar surface area (TPSA) is 37.8 Å². The molecule has 0 aliphatic carbocycles. The fourth-order valence-corrected chi connectivity index (χ4v) is 2.15. The van der Waals surface area contributed by atoms with Gasteiger partial charge < -0.3 is 5.32 Å². The lowest BCUT2D eigenvalue weighted by atomic mass is 9.96. The normalized spacial score (nSPS) is 21.0. The van der Waals surface area contributed by atoms with Crippen LogP contribution in [-0.4, -0.2) is 16.7 Å². The lowest BCUT2D eigenvalue weighted by Crippen LogP contribution is -2.30. The predicted octanol–water partition coefficient (Wildman–Crippen LogP) is 3.33. The minimum absolute atomic E-state index is 0.339. The van der Waals surface area contributed by atoms with E-state index in [1.807, 2.05) is 0 Å². The molecule has 1 unspecified atom stereocenters. The van der Waals surface area contributed by atoms with Crippen molar-refractivity contribution in [3.8, 4) is 0 Å². The summed E-state index contributed by atoms with van der Waals surface area (Å²) in [6.45, 7) is 0.464. The largest absolute Gasteiger partial charge is 0.435 e. The Morgan fingerprint density at radius 2 is 1.70 bits per heavy atom. The Morgan fingerprint density at radius 3 is 2.20 bits per heavy atom. The van der Waals surface area contributed by atoms with Gasteiger partial charge in [0.2, 0.25) is 0 Å². The smallest absolute Gasteiger partial charge is 0.310 e. The summed E-state index contributed by atoms with van der Waals surface area (Å²) in [7, 11) is 0. The van der Waals surface area contributed by atoms with Gasteiger partial charge in [0, 0.05) is 11.6 Å². The van der Waals surface area contributed by atoms with Crippen LogP contribution in [0.5, 0.6) is 0 Å². The summed E-state index contributed by atoms with van der Waals surface area (Å²) < 4.78 is 76.1. The van der Waals surface area contributed by atoms with Gasteiger partial charge in [-0.1, -0.05) is 6.42 Å². The van der Waals surface area contributed by atoms with Gasteiger partial charge in [-0.25, -0.2) is 0 Å². The molecule has 2 rings (SSSR count). The Labute approximate surface area is 110 Å². The number of halogens is 6. The second-order valence-electron chi connectivity index (χ2n) is 4.53. The van der Waals surface area contributed by atoms with Crippen LogP contribution in [0.3, 0.4) is 0 Å². The second-order valence-corrected chi connectivity index (χ2v) is 4.53. The summed E-state index contributed by atoms with van der Waals surface area (Å²) in [5.74, 6) is 0. The van der Waals surface area contributed by atoms with Gasteiger partial charge in [0.15, 0.2) is 11.4 Å². The van der Waals surface area contributed by atoms with Crippen molar-refractivity contribution in [2.45, 2.75) is 37.7 Å². The molecule has 112 valence electrons. The van der Waals surface area contributed by atoms with Crippen LogP contribution in [0.4, 0.5) is 26.3 Å². The van der Waals surface area contributed by atoms with Crippen LogP contribution in [0.1, 0.15) is 42.3 Å². The lowest BCUT2D eigenvalue weighted by molar-refractivity contribution is -0.148. The Bertz CT molecular complexity index is 476. The zero-order chi connectivity index (χ0) is 15.0. The van der Waals surface area contributed by atoms with E-state index in [-0.39, 0.29) is 0 Å². The molecule has 0 radical (unpaired) electrons. The Morgan fingerprint density at radius 1 is 1.00 bits per heavy atom. The van der Waals surface area contributed by atoms with Crippen molar-refractivity contribution >= 4 is 0 Å². The zero-order valence-electron chi connectivity index (χ0n) is 10.1. The minimum atomic E-state index is -4.83. The van der Waals surface area contributed by atoms with Crippen LogP contribution in [0.2, 0.25) is 0 Å². The molecule has 1 saturated heterocycles. The summed E-state index contributed by atoms with van der Waals surface area (Å²) in [6, 6.07) is -0.337. The Kier molecular flexibility index (Phi) is 3.90. The van der Waals surface area contributed by atoms with E-state index >= 15 is 0 Å². The maximum Gasteiger partial charge on any atom is 0.435 e. The third-order valence-electron chi connectivity index (χ3n) is 3.07. The number of rotatable bonds is 1. The molecule has 1 aromatic rings. The van der Waals surface area contributed by atoms with E-state index in [1.54, 1.807) is 0 Å². The van der Waals surface area contributed by atoms with E-state index in [1.165, 1.54) is 0 Å². The average molecular weight is 299 g/mol. The molecule has 1 N–H and O–H groups in total. The van der Waals surface area contributed by atoms with Gasteiger partial charge in [0.1, 0.15) is 0 Å². The molecule has 0 bridgehead atoms. The first kappa shape index (κ1) is 15.0. The fourth-order valence-electron chi connectivity index (χ4n) is 2.15. The summed E-state index contributed by atoms with van der Waals surface area (Å²) >= 11 is 0. The molecule has 1 aromatic heterocycles. The average Bonchev–Trinajstić information content (AvgIpc) is 2.37. The van der Waals surface area contributed by atoms with Crippen LogP contribution in [-0.2, 0) is 12.4 Å². The van der Waals surface area contributed by atoms with Gasteiger partial charge in [-0.3, -0.25) is 0 Å². The summed E-state index contributed by atoms with van der Waals surface area (Å²) in [6.07, 6.45) is -7.88. The number of aromatic nitrogens is 2. The number of hydrogen-bond acceptors (Lipinski definition) is 3. The van der Waals surface area contributed by atoms with E-state index in [2.05, 4.69) is 15.5 Å². The van der Waals surface area contributed by atoms with Gasteiger partial charge >= 0.3 is 12.4 Å². The van der Waals surface area contributed by atoms with Gasteiger partial charge in [0.05, 0.1) is 0 Å². The number of hydrogen-bond donors (Lipinski definition) is 1. The van der Waals surface area contributed by atoms with Crippen molar-refractivity contribution < 1.29 is 26.3 Å². The molecule has 2 heterocycles. The molecular weight excluding hydrogens is 288 g/mol. The maximum atomic E-state index is 12.8. The van der Waals surface area contributed by atoms with Crippen molar-refractivity contribution in [1.82, 2.24) is 15.5 Å². The molecule has 1 fully saturated rings. The molecule has 1 aliphatic rings. The number of nitrogens with one attached hydrogen (secondary N) is 1. The van der Waals surface area contributed by atoms with Crippen LogP contribution in [0.25, 0.3) is 0 Å². The zero-order valence-corrected chi connectivity index (χ0v) is 10.1. The Balaban J connectivity index is 2.48. The highest BCUT2D eigenvalue weighted by molar-refractivity contribution is 5.28. The van der Waals surface area contributed by atoms with Gasteiger partial charge in [0.25, 0.3) is 0 Å². The van der Waals surface area contributed by atoms with Gasteiger partial charge in [-0.2, -0.15) is 26.3 Å². The monoisotopic (exact) mass is 299 g/mol. The Hall–Kier alpha value is -1.38. The van der Waals surface area contributed by atoms with Crippen molar-refractivity contribution in [2.75, 3.05) is 6.54 Å². The molecule has 0 amide bonds. The molecule has 0 aromatic carbocycles. The van der Waals surface area contributed by atoms with Crippen molar-refractivity contribution in [3.05, 3.63) is 23.0 Å². The van der Waals surface area contributed by atoms with Gasteiger partial charge in [-0.05, 0) is 25.5 Å². The van der Waals surface area contributed by atoms with Crippen LogP contribution >= 0.6 is 0 Å². The van der Waals surface area contributed by atoms with Crippen LogP contribution in [0, 0.1) is 0 Å². The summed E-state index contributed by atoms with van der Waals surface area (Å²) in [5, 5.41) is 8.20. The first-order valence-corrected chi connectivity index (χ1v) is 5.95. The number of alkyl halides is 6.